The van der Waals surface area contributed by atoms with Crippen LogP contribution in [0.3, 0.4) is 0 Å². The van der Waals surface area contributed by atoms with Crippen molar-refractivity contribution in [3.8, 4) is 5.75 Å². The molecule has 0 amide bonds. The molecule has 21 heavy (non-hydrogen) atoms. The van der Waals surface area contributed by atoms with Crippen LogP contribution in [-0.2, 0) is 0 Å². The topological polar surface area (TPSA) is 29.5 Å². The molecule has 3 heteroatoms. The molecule has 114 valence electrons. The van der Waals surface area contributed by atoms with E-state index in [1.807, 2.05) is 25.1 Å². The Balaban J connectivity index is 2.09. The molecular formula is C18H25NO2. The lowest BCUT2D eigenvalue weighted by atomic mass is 9.99. The molecule has 0 aliphatic carbocycles. The lowest BCUT2D eigenvalue weighted by Gasteiger charge is -2.30. The molecule has 0 saturated carbocycles. The van der Waals surface area contributed by atoms with Gasteiger partial charge < -0.3 is 4.74 Å². The Morgan fingerprint density at radius 1 is 1.52 bits per heavy atom. The van der Waals surface area contributed by atoms with E-state index in [-0.39, 0.29) is 5.78 Å². The smallest absolute Gasteiger partial charge is 0.180 e. The van der Waals surface area contributed by atoms with E-state index >= 15 is 0 Å². The van der Waals surface area contributed by atoms with Gasteiger partial charge in [-0.1, -0.05) is 31.2 Å². The molecule has 2 rings (SSSR count). The van der Waals surface area contributed by atoms with Crippen LogP contribution in [0.4, 0.5) is 0 Å². The molecular weight excluding hydrogens is 262 g/mol. The summed E-state index contributed by atoms with van der Waals surface area (Å²) >= 11 is 0. The molecule has 1 aliphatic rings. The third-order valence-corrected chi connectivity index (χ3v) is 3.90. The van der Waals surface area contributed by atoms with Gasteiger partial charge in [0.25, 0.3) is 0 Å². The lowest BCUT2D eigenvalue weighted by Crippen LogP contribution is -2.38. The number of Topliss-reactive ketones (excluding diaryl/α,β-unsaturated/α-hetero) is 1. The molecule has 1 unspecified atom stereocenters. The molecule has 1 aromatic rings. The fourth-order valence-corrected chi connectivity index (χ4v) is 2.85. The van der Waals surface area contributed by atoms with Crippen molar-refractivity contribution in [2.24, 2.45) is 5.92 Å². The molecule has 1 fully saturated rings. The highest BCUT2D eigenvalue weighted by Crippen LogP contribution is 2.22. The van der Waals surface area contributed by atoms with E-state index in [9.17, 15) is 4.79 Å². The van der Waals surface area contributed by atoms with Crippen LogP contribution in [0.5, 0.6) is 5.75 Å². The molecule has 0 aromatic heterocycles. The maximum atomic E-state index is 12.6. The Labute approximate surface area is 127 Å². The Bertz CT molecular complexity index is 510. The zero-order valence-corrected chi connectivity index (χ0v) is 13.1. The van der Waals surface area contributed by atoms with Crippen molar-refractivity contribution in [3.05, 3.63) is 42.0 Å². The number of hydrogen-bond donors (Lipinski definition) is 0. The number of hydrogen-bond acceptors (Lipinski definition) is 3. The average Bonchev–Trinajstić information content (AvgIpc) is 2.46. The van der Waals surface area contributed by atoms with E-state index < -0.39 is 0 Å². The maximum Gasteiger partial charge on any atom is 0.180 e. The van der Waals surface area contributed by atoms with Crippen LogP contribution in [-0.4, -0.2) is 36.9 Å². The number of nitrogens with zero attached hydrogens (tertiary/aromatic N) is 1. The summed E-state index contributed by atoms with van der Waals surface area (Å²) in [5.41, 5.74) is 1.77. The maximum absolute atomic E-state index is 12.6. The molecule has 0 spiro atoms. The second-order valence-corrected chi connectivity index (χ2v) is 6.00. The first kappa shape index (κ1) is 15.8. The number of benzene rings is 1. The zero-order valence-electron chi connectivity index (χ0n) is 13.1. The number of carbonyl (C=O) groups excluding carboxylic acids is 1. The van der Waals surface area contributed by atoms with Crippen LogP contribution in [0.1, 0.15) is 35.7 Å². The second kappa shape index (κ2) is 7.41. The summed E-state index contributed by atoms with van der Waals surface area (Å²) in [6.45, 7) is 10.8. The quantitative estimate of drug-likeness (QED) is 0.592. The van der Waals surface area contributed by atoms with Gasteiger partial charge in [0.1, 0.15) is 12.4 Å². The predicted octanol–water partition coefficient (Wildman–Crippen LogP) is 3.47. The Morgan fingerprint density at radius 2 is 2.33 bits per heavy atom. The van der Waals surface area contributed by atoms with Gasteiger partial charge >= 0.3 is 0 Å². The average molecular weight is 287 g/mol. The SMILES string of the molecule is C=CCOc1ccc(C)cc1C(=O)CN1CCCC(C)C1. The monoisotopic (exact) mass is 287 g/mol. The molecule has 1 aromatic carbocycles. The molecule has 0 bridgehead atoms. The van der Waals surface area contributed by atoms with Gasteiger partial charge in [-0.2, -0.15) is 0 Å². The Hall–Kier alpha value is -1.61. The van der Waals surface area contributed by atoms with Gasteiger partial charge in [-0.3, -0.25) is 9.69 Å². The van der Waals surface area contributed by atoms with Crippen molar-refractivity contribution in [2.45, 2.75) is 26.7 Å². The Kier molecular flexibility index (Phi) is 5.57. The number of likely N-dealkylation sites (tertiary alicyclic amines) is 1. The van der Waals surface area contributed by atoms with Gasteiger partial charge in [-0.25, -0.2) is 0 Å². The number of rotatable bonds is 6. The highest BCUT2D eigenvalue weighted by Gasteiger charge is 2.21. The molecule has 1 saturated heterocycles. The molecule has 1 heterocycles. The fourth-order valence-electron chi connectivity index (χ4n) is 2.85. The highest BCUT2D eigenvalue weighted by molar-refractivity contribution is 6.00. The largest absolute Gasteiger partial charge is 0.489 e. The van der Waals surface area contributed by atoms with Gasteiger partial charge in [-0.15, -0.1) is 0 Å². The summed E-state index contributed by atoms with van der Waals surface area (Å²) in [5, 5.41) is 0. The molecule has 0 N–H and O–H groups in total. The predicted molar refractivity (Wildman–Crippen MR) is 86.0 cm³/mol. The van der Waals surface area contributed by atoms with Gasteiger partial charge in [0, 0.05) is 6.54 Å². The lowest BCUT2D eigenvalue weighted by molar-refractivity contribution is 0.0889. The first-order valence-electron chi connectivity index (χ1n) is 7.70. The minimum atomic E-state index is 0.145. The van der Waals surface area contributed by atoms with Crippen molar-refractivity contribution >= 4 is 5.78 Å². The third-order valence-electron chi connectivity index (χ3n) is 3.90. The van der Waals surface area contributed by atoms with E-state index in [1.54, 1.807) is 6.08 Å². The van der Waals surface area contributed by atoms with Crippen molar-refractivity contribution < 1.29 is 9.53 Å². The first-order valence-corrected chi connectivity index (χ1v) is 7.70. The summed E-state index contributed by atoms with van der Waals surface area (Å²) in [6.07, 6.45) is 4.14. The van der Waals surface area contributed by atoms with Crippen LogP contribution >= 0.6 is 0 Å². The molecule has 1 atom stereocenters. The minimum Gasteiger partial charge on any atom is -0.489 e. The molecule has 0 radical (unpaired) electrons. The van der Waals surface area contributed by atoms with E-state index in [0.717, 1.165) is 18.7 Å². The van der Waals surface area contributed by atoms with E-state index in [0.29, 0.717) is 30.4 Å². The third kappa shape index (κ3) is 4.43. The van der Waals surface area contributed by atoms with Crippen molar-refractivity contribution in [1.82, 2.24) is 4.90 Å². The van der Waals surface area contributed by atoms with Gasteiger partial charge in [-0.05, 0) is 44.4 Å². The van der Waals surface area contributed by atoms with Crippen molar-refractivity contribution in [1.29, 1.82) is 0 Å². The summed E-state index contributed by atoms with van der Waals surface area (Å²) < 4.78 is 5.62. The summed E-state index contributed by atoms with van der Waals surface area (Å²) in [4.78, 5) is 14.9. The Morgan fingerprint density at radius 3 is 3.05 bits per heavy atom. The van der Waals surface area contributed by atoms with Gasteiger partial charge in [0.2, 0.25) is 0 Å². The number of carbonyl (C=O) groups is 1. The number of ether oxygens (including phenoxy) is 1. The van der Waals surface area contributed by atoms with Crippen LogP contribution in [0.25, 0.3) is 0 Å². The first-order chi connectivity index (χ1) is 10.1. The number of ketones is 1. The fraction of sp³-hybridized carbons (Fsp3) is 0.500. The number of aryl methyl sites for hydroxylation is 1. The van der Waals surface area contributed by atoms with Gasteiger partial charge in [0.15, 0.2) is 5.78 Å². The number of piperidine rings is 1. The summed E-state index contributed by atoms with van der Waals surface area (Å²) in [7, 11) is 0. The summed E-state index contributed by atoms with van der Waals surface area (Å²) in [6, 6.07) is 5.77. The van der Waals surface area contributed by atoms with Crippen molar-refractivity contribution in [2.75, 3.05) is 26.2 Å². The van der Waals surface area contributed by atoms with E-state index in [2.05, 4.69) is 18.4 Å². The highest BCUT2D eigenvalue weighted by atomic mass is 16.5. The minimum absolute atomic E-state index is 0.145. The van der Waals surface area contributed by atoms with E-state index in [4.69, 9.17) is 4.74 Å². The van der Waals surface area contributed by atoms with E-state index in [1.165, 1.54) is 12.8 Å². The zero-order chi connectivity index (χ0) is 15.2. The van der Waals surface area contributed by atoms with Crippen LogP contribution in [0.2, 0.25) is 0 Å². The molecule has 1 aliphatic heterocycles. The second-order valence-electron chi connectivity index (χ2n) is 6.00. The van der Waals surface area contributed by atoms with Crippen LogP contribution < -0.4 is 4.74 Å². The summed E-state index contributed by atoms with van der Waals surface area (Å²) in [5.74, 6) is 1.49. The normalized spacial score (nSPS) is 19.2. The van der Waals surface area contributed by atoms with Crippen LogP contribution in [0, 0.1) is 12.8 Å². The van der Waals surface area contributed by atoms with Crippen LogP contribution in [0.15, 0.2) is 30.9 Å². The standard InChI is InChI=1S/C18H25NO2/c1-4-10-21-18-8-7-14(2)11-16(18)17(20)13-19-9-5-6-15(3)12-19/h4,7-8,11,15H,1,5-6,9-10,12-13H2,2-3H3. The van der Waals surface area contributed by atoms with Gasteiger partial charge in [0.05, 0.1) is 12.1 Å². The molecule has 3 nitrogen and oxygen atoms in total. The van der Waals surface area contributed by atoms with Crippen molar-refractivity contribution in [3.63, 3.8) is 0 Å².